The maximum atomic E-state index is 14.7. The number of carbonyl (C=O) groups excluding carboxylic acids is 3. The van der Waals surface area contributed by atoms with Gasteiger partial charge in [0.1, 0.15) is 17.4 Å². The van der Waals surface area contributed by atoms with Crippen molar-refractivity contribution in [3.05, 3.63) is 72.8 Å². The summed E-state index contributed by atoms with van der Waals surface area (Å²) in [7, 11) is 0. The number of aliphatic hydroxyl groups is 1. The Bertz CT molecular complexity index is 1540. The molecule has 0 saturated carbocycles. The van der Waals surface area contributed by atoms with Crippen LogP contribution in [0.1, 0.15) is 40.5 Å². The first-order chi connectivity index (χ1) is 22.7. The Kier molecular flexibility index (Phi) is 9.18. The molecule has 10 heteroatoms. The van der Waals surface area contributed by atoms with Crippen molar-refractivity contribution in [1.29, 1.82) is 0 Å². The molecule has 1 N–H and O–H groups in total. The average Bonchev–Trinajstić information content (AvgIpc) is 3.33. The highest BCUT2D eigenvalue weighted by molar-refractivity contribution is 6.07. The van der Waals surface area contributed by atoms with E-state index in [9.17, 15) is 19.5 Å². The lowest BCUT2D eigenvalue weighted by molar-refractivity contribution is -0.144. The zero-order valence-electron chi connectivity index (χ0n) is 27.8. The number of ether oxygens (including phenoxy) is 2. The maximum Gasteiger partial charge on any atom is 0.253 e. The molecule has 0 aromatic heterocycles. The first kappa shape index (κ1) is 32.8. The molecular weight excluding hydrogens is 596 g/mol. The Morgan fingerprint density at radius 2 is 1.45 bits per heavy atom. The van der Waals surface area contributed by atoms with Gasteiger partial charge in [-0.25, -0.2) is 0 Å². The number of hydrogen-bond acceptors (Lipinski definition) is 7. The van der Waals surface area contributed by atoms with Gasteiger partial charge in [-0.2, -0.15) is 0 Å². The number of benzene rings is 2. The molecule has 0 aliphatic carbocycles. The number of fused-ring (bicyclic) bond motifs is 2. The molecule has 2 saturated heterocycles. The predicted octanol–water partition coefficient (Wildman–Crippen LogP) is 4.18. The molecule has 4 aliphatic heterocycles. The SMILES string of the molecule is CCOc1ccc(N2CC=C[C@]3(C)O[C@]45C=CCN(c6ccc(N(CC)CC)cc6)C(=O)C4N(CCCCO)C(=O)[C@@H]5[C@@H]3C2=O)cc1. The fourth-order valence-corrected chi connectivity index (χ4v) is 7.94. The normalized spacial score (nSPS) is 28.2. The summed E-state index contributed by atoms with van der Waals surface area (Å²) in [5, 5.41) is 9.54. The van der Waals surface area contributed by atoms with Gasteiger partial charge < -0.3 is 34.2 Å². The quantitative estimate of drug-likeness (QED) is 0.290. The fourth-order valence-electron chi connectivity index (χ4n) is 7.94. The van der Waals surface area contributed by atoms with Gasteiger partial charge in [0.25, 0.3) is 5.91 Å². The van der Waals surface area contributed by atoms with E-state index in [4.69, 9.17) is 9.47 Å². The Balaban J connectivity index is 1.39. The third-order valence-electron chi connectivity index (χ3n) is 10.1. The largest absolute Gasteiger partial charge is 0.494 e. The van der Waals surface area contributed by atoms with Crippen LogP contribution in [0.15, 0.2) is 72.8 Å². The highest BCUT2D eigenvalue weighted by Gasteiger charge is 2.74. The highest BCUT2D eigenvalue weighted by atomic mass is 16.5. The van der Waals surface area contributed by atoms with E-state index in [0.717, 1.165) is 24.5 Å². The van der Waals surface area contributed by atoms with E-state index in [1.165, 1.54) is 0 Å². The third kappa shape index (κ3) is 5.51. The number of carbonyl (C=O) groups is 3. The summed E-state index contributed by atoms with van der Waals surface area (Å²) in [6.45, 7) is 11.2. The number of hydrogen-bond donors (Lipinski definition) is 1. The van der Waals surface area contributed by atoms with Gasteiger partial charge >= 0.3 is 0 Å². The molecule has 10 nitrogen and oxygen atoms in total. The standard InChI is InChI=1S/C37H46N4O6/c1-5-38(6-2)26-12-14-27(15-13-26)40-24-11-21-37-31(34(44)41(22-8-9-25-42)32(37)35(40)45)30-33(43)39(23-10-20-36(30,4)47-37)28-16-18-29(19-17-28)46-7-3/h10-21,30-32,42H,5-9,22-25H2,1-4H3/t30-,31+,32?,36+,37+/m1/s1. The van der Waals surface area contributed by atoms with E-state index in [0.29, 0.717) is 44.0 Å². The van der Waals surface area contributed by atoms with Crippen molar-refractivity contribution in [3.63, 3.8) is 0 Å². The predicted molar refractivity (Wildman–Crippen MR) is 182 cm³/mol. The van der Waals surface area contributed by atoms with Gasteiger partial charge in [-0.3, -0.25) is 14.4 Å². The van der Waals surface area contributed by atoms with Gasteiger partial charge in [-0.1, -0.05) is 24.3 Å². The van der Waals surface area contributed by atoms with Gasteiger partial charge in [-0.15, -0.1) is 0 Å². The number of amides is 3. The molecule has 0 bridgehead atoms. The van der Waals surface area contributed by atoms with Crippen LogP contribution in [0.3, 0.4) is 0 Å². The van der Waals surface area contributed by atoms with Crippen LogP contribution >= 0.6 is 0 Å². The fraction of sp³-hybridized carbons (Fsp3) is 0.486. The molecule has 0 radical (unpaired) electrons. The van der Waals surface area contributed by atoms with Crippen LogP contribution in [0, 0.1) is 11.8 Å². The summed E-state index contributed by atoms with van der Waals surface area (Å²) in [5.74, 6) is -1.79. The molecule has 3 amide bonds. The van der Waals surface area contributed by atoms with Gasteiger partial charge in [-0.05, 0) is 89.1 Å². The van der Waals surface area contributed by atoms with E-state index in [-0.39, 0.29) is 30.9 Å². The Labute approximate surface area is 277 Å². The van der Waals surface area contributed by atoms with E-state index in [1.807, 2.05) is 86.7 Å². The maximum absolute atomic E-state index is 14.7. The van der Waals surface area contributed by atoms with Crippen LogP contribution < -0.4 is 19.4 Å². The molecule has 2 fully saturated rings. The summed E-state index contributed by atoms with van der Waals surface area (Å²) < 4.78 is 12.6. The van der Waals surface area contributed by atoms with Gasteiger partial charge in [0.2, 0.25) is 11.8 Å². The third-order valence-corrected chi connectivity index (χ3v) is 10.1. The average molecular weight is 643 g/mol. The first-order valence-electron chi connectivity index (χ1n) is 16.9. The summed E-state index contributed by atoms with van der Waals surface area (Å²) in [5.41, 5.74) is 0.0453. The number of likely N-dealkylation sites (tertiary alicyclic amines) is 1. The van der Waals surface area contributed by atoms with Crippen molar-refractivity contribution >= 4 is 34.8 Å². The van der Waals surface area contributed by atoms with Crippen LogP contribution in [-0.2, 0) is 19.1 Å². The molecule has 1 unspecified atom stereocenters. The number of rotatable bonds is 11. The number of anilines is 3. The molecular formula is C37H46N4O6. The van der Waals surface area contributed by atoms with Crippen LogP contribution in [0.5, 0.6) is 5.75 Å². The summed E-state index contributed by atoms with van der Waals surface area (Å²) >= 11 is 0. The molecule has 6 rings (SSSR count). The number of unbranched alkanes of at least 4 members (excludes halogenated alkanes) is 1. The van der Waals surface area contributed by atoms with Crippen LogP contribution in [-0.4, -0.2) is 90.9 Å². The molecule has 250 valence electrons. The summed E-state index contributed by atoms with van der Waals surface area (Å²) in [6.07, 6.45) is 8.59. The molecule has 4 heterocycles. The minimum Gasteiger partial charge on any atom is -0.494 e. The number of aliphatic hydroxyl groups excluding tert-OH is 1. The molecule has 1 spiro atoms. The molecule has 2 aromatic rings. The lowest BCUT2D eigenvalue weighted by Gasteiger charge is -2.37. The second kappa shape index (κ2) is 13.2. The zero-order valence-corrected chi connectivity index (χ0v) is 27.8. The topological polar surface area (TPSA) is 103 Å². The monoisotopic (exact) mass is 642 g/mol. The Morgan fingerprint density at radius 1 is 0.830 bits per heavy atom. The van der Waals surface area contributed by atoms with Crippen molar-refractivity contribution < 1.29 is 29.0 Å². The van der Waals surface area contributed by atoms with Gasteiger partial charge in [0.05, 0.1) is 24.0 Å². The Hall–Kier alpha value is -4.15. The van der Waals surface area contributed by atoms with Crippen molar-refractivity contribution in [1.82, 2.24) is 4.90 Å². The highest BCUT2D eigenvalue weighted by Crippen LogP contribution is 2.57. The molecule has 2 aromatic carbocycles. The van der Waals surface area contributed by atoms with Crippen molar-refractivity contribution in [2.75, 3.05) is 60.6 Å². The van der Waals surface area contributed by atoms with E-state index >= 15 is 0 Å². The van der Waals surface area contributed by atoms with Gasteiger partial charge in [0, 0.05) is 56.4 Å². The second-order valence-electron chi connectivity index (χ2n) is 12.8. The lowest BCUT2D eigenvalue weighted by atomic mass is 9.74. The smallest absolute Gasteiger partial charge is 0.253 e. The van der Waals surface area contributed by atoms with Crippen LogP contribution in [0.25, 0.3) is 0 Å². The van der Waals surface area contributed by atoms with E-state index in [1.54, 1.807) is 14.7 Å². The number of nitrogens with zero attached hydrogens (tertiary/aromatic N) is 4. The van der Waals surface area contributed by atoms with Crippen molar-refractivity contribution in [2.45, 2.75) is 57.8 Å². The second-order valence-corrected chi connectivity index (χ2v) is 12.8. The Morgan fingerprint density at radius 3 is 2.06 bits per heavy atom. The minimum absolute atomic E-state index is 0.0162. The van der Waals surface area contributed by atoms with Crippen LogP contribution in [0.4, 0.5) is 17.1 Å². The zero-order chi connectivity index (χ0) is 33.3. The molecule has 47 heavy (non-hydrogen) atoms. The first-order valence-corrected chi connectivity index (χ1v) is 16.9. The van der Waals surface area contributed by atoms with Crippen molar-refractivity contribution in [3.8, 4) is 5.75 Å². The molecule has 4 aliphatic rings. The van der Waals surface area contributed by atoms with Crippen LogP contribution in [0.2, 0.25) is 0 Å². The van der Waals surface area contributed by atoms with E-state index < -0.39 is 29.1 Å². The minimum atomic E-state index is -1.34. The van der Waals surface area contributed by atoms with Crippen molar-refractivity contribution in [2.24, 2.45) is 11.8 Å². The molecule has 5 atom stereocenters. The van der Waals surface area contributed by atoms with E-state index in [2.05, 4.69) is 18.7 Å². The van der Waals surface area contributed by atoms with Gasteiger partial charge in [0.15, 0.2) is 0 Å². The summed E-state index contributed by atoms with van der Waals surface area (Å²) in [6, 6.07) is 14.3. The summed E-state index contributed by atoms with van der Waals surface area (Å²) in [4.78, 5) is 51.2. The lowest BCUT2D eigenvalue weighted by Crippen LogP contribution is -2.56.